The second kappa shape index (κ2) is 12.4. The largest absolute Gasteiger partial charge is 0.490 e. The van der Waals surface area contributed by atoms with Crippen molar-refractivity contribution >= 4 is 29.9 Å². The van der Waals surface area contributed by atoms with Crippen LogP contribution in [0.5, 0.6) is 5.75 Å². The van der Waals surface area contributed by atoms with Crippen LogP contribution in [0.4, 0.5) is 0 Å². The highest BCUT2D eigenvalue weighted by molar-refractivity contribution is 14.0. The number of para-hydroxylation sites is 1. The Labute approximate surface area is 169 Å². The van der Waals surface area contributed by atoms with Crippen LogP contribution in [0.3, 0.4) is 0 Å². The summed E-state index contributed by atoms with van der Waals surface area (Å²) in [5.74, 6) is 1.98. The number of likely N-dealkylation sites (N-methyl/N-ethyl adjacent to an activating group) is 1. The zero-order chi connectivity index (χ0) is 17.2. The summed E-state index contributed by atoms with van der Waals surface area (Å²) in [6.45, 7) is 10.6. The van der Waals surface area contributed by atoms with E-state index in [1.807, 2.05) is 37.4 Å². The number of likely N-dealkylation sites (tertiary alicyclic amines) is 1. The SMILES string of the molecule is CCN(CC)CCNC(=NC)N1CCC(Oc2ccccc2)CC1.I. The van der Waals surface area contributed by atoms with Gasteiger partial charge >= 0.3 is 0 Å². The lowest BCUT2D eigenvalue weighted by Gasteiger charge is -2.34. The Balaban J connectivity index is 0.00000312. The molecule has 25 heavy (non-hydrogen) atoms. The number of rotatable bonds is 7. The summed E-state index contributed by atoms with van der Waals surface area (Å²) in [7, 11) is 1.87. The van der Waals surface area contributed by atoms with E-state index in [2.05, 4.69) is 34.0 Å². The van der Waals surface area contributed by atoms with Gasteiger partial charge in [-0.3, -0.25) is 4.99 Å². The number of hydrogen-bond donors (Lipinski definition) is 1. The molecule has 1 fully saturated rings. The Hall–Kier alpha value is -1.02. The Kier molecular flexibility index (Phi) is 10.9. The summed E-state index contributed by atoms with van der Waals surface area (Å²) < 4.78 is 6.07. The Morgan fingerprint density at radius 1 is 1.20 bits per heavy atom. The van der Waals surface area contributed by atoms with Gasteiger partial charge < -0.3 is 19.9 Å². The van der Waals surface area contributed by atoms with Gasteiger partial charge in [0.05, 0.1) is 0 Å². The van der Waals surface area contributed by atoms with Gasteiger partial charge in [0, 0.05) is 46.1 Å². The van der Waals surface area contributed by atoms with E-state index >= 15 is 0 Å². The first kappa shape index (κ1) is 22.0. The Morgan fingerprint density at radius 2 is 1.84 bits per heavy atom. The summed E-state index contributed by atoms with van der Waals surface area (Å²) in [6.07, 6.45) is 2.37. The van der Waals surface area contributed by atoms with Crippen LogP contribution in [-0.4, -0.2) is 68.2 Å². The van der Waals surface area contributed by atoms with Crippen molar-refractivity contribution in [2.45, 2.75) is 32.8 Å². The summed E-state index contributed by atoms with van der Waals surface area (Å²) in [5, 5.41) is 3.50. The van der Waals surface area contributed by atoms with E-state index in [1.54, 1.807) is 0 Å². The van der Waals surface area contributed by atoms with Gasteiger partial charge in [0.2, 0.25) is 0 Å². The van der Waals surface area contributed by atoms with E-state index in [9.17, 15) is 0 Å². The molecule has 1 N–H and O–H groups in total. The minimum Gasteiger partial charge on any atom is -0.490 e. The number of ether oxygens (including phenoxy) is 1. The monoisotopic (exact) mass is 460 g/mol. The van der Waals surface area contributed by atoms with E-state index in [-0.39, 0.29) is 24.0 Å². The molecule has 0 spiro atoms. The molecule has 1 aromatic carbocycles. The summed E-state index contributed by atoms with van der Waals surface area (Å²) in [4.78, 5) is 9.20. The molecule has 1 aliphatic rings. The molecule has 1 aliphatic heterocycles. The normalized spacial score (nSPS) is 15.8. The van der Waals surface area contributed by atoms with Gasteiger partial charge in [0.1, 0.15) is 11.9 Å². The first-order valence-corrected chi connectivity index (χ1v) is 9.16. The number of hydrogen-bond acceptors (Lipinski definition) is 3. The third-order valence-electron chi connectivity index (χ3n) is 4.60. The van der Waals surface area contributed by atoms with Crippen LogP contribution in [0.1, 0.15) is 26.7 Å². The second-order valence-electron chi connectivity index (χ2n) is 6.12. The quantitative estimate of drug-likeness (QED) is 0.386. The summed E-state index contributed by atoms with van der Waals surface area (Å²) >= 11 is 0. The van der Waals surface area contributed by atoms with Crippen molar-refractivity contribution in [1.29, 1.82) is 0 Å². The first-order valence-electron chi connectivity index (χ1n) is 9.16. The van der Waals surface area contributed by atoms with Crippen molar-refractivity contribution in [1.82, 2.24) is 15.1 Å². The maximum absolute atomic E-state index is 6.07. The predicted octanol–water partition coefficient (Wildman–Crippen LogP) is 3.07. The second-order valence-corrected chi connectivity index (χ2v) is 6.12. The number of nitrogens with zero attached hydrogens (tertiary/aromatic N) is 3. The molecule has 0 amide bonds. The maximum atomic E-state index is 6.07. The maximum Gasteiger partial charge on any atom is 0.193 e. The van der Waals surface area contributed by atoms with E-state index in [1.165, 1.54) is 0 Å². The molecule has 0 aromatic heterocycles. The minimum atomic E-state index is 0. The van der Waals surface area contributed by atoms with E-state index in [4.69, 9.17) is 4.74 Å². The molecule has 1 saturated heterocycles. The van der Waals surface area contributed by atoms with Crippen LogP contribution in [0.15, 0.2) is 35.3 Å². The van der Waals surface area contributed by atoms with E-state index in [0.29, 0.717) is 6.10 Å². The molecule has 142 valence electrons. The molecule has 0 bridgehead atoms. The highest BCUT2D eigenvalue weighted by Crippen LogP contribution is 2.18. The Morgan fingerprint density at radius 3 is 2.40 bits per heavy atom. The fourth-order valence-corrected chi connectivity index (χ4v) is 3.07. The van der Waals surface area contributed by atoms with Crippen LogP contribution in [-0.2, 0) is 0 Å². The molecule has 1 heterocycles. The average Bonchev–Trinajstić information content (AvgIpc) is 2.64. The van der Waals surface area contributed by atoms with Gasteiger partial charge in [-0.1, -0.05) is 32.0 Å². The molecule has 0 saturated carbocycles. The van der Waals surface area contributed by atoms with Crippen molar-refractivity contribution in [2.24, 2.45) is 4.99 Å². The molecular weight excluding hydrogens is 427 g/mol. The van der Waals surface area contributed by atoms with E-state index in [0.717, 1.165) is 63.8 Å². The molecule has 1 aromatic rings. The summed E-state index contributed by atoms with van der Waals surface area (Å²) in [6, 6.07) is 10.1. The predicted molar refractivity (Wildman–Crippen MR) is 116 cm³/mol. The first-order chi connectivity index (χ1) is 11.8. The lowest BCUT2D eigenvalue weighted by atomic mass is 10.1. The van der Waals surface area contributed by atoms with Crippen molar-refractivity contribution in [3.05, 3.63) is 30.3 Å². The van der Waals surface area contributed by atoms with Gasteiger partial charge in [-0.2, -0.15) is 0 Å². The molecule has 5 nitrogen and oxygen atoms in total. The standard InChI is InChI=1S/C19H32N4O.HI/c1-4-22(5-2)16-13-21-19(20-3)23-14-11-18(12-15-23)24-17-9-7-6-8-10-17;/h6-10,18H,4-5,11-16H2,1-3H3,(H,20,21);1H. The number of piperidine rings is 1. The van der Waals surface area contributed by atoms with Crippen LogP contribution >= 0.6 is 24.0 Å². The fraction of sp³-hybridized carbons (Fsp3) is 0.632. The number of benzene rings is 1. The lowest BCUT2D eigenvalue weighted by Crippen LogP contribution is -2.48. The number of guanidine groups is 1. The zero-order valence-corrected chi connectivity index (χ0v) is 18.1. The minimum absolute atomic E-state index is 0. The molecule has 2 rings (SSSR count). The fourth-order valence-electron chi connectivity index (χ4n) is 3.07. The molecular formula is C19H33IN4O. The van der Waals surface area contributed by atoms with Gasteiger partial charge in [-0.05, 0) is 25.2 Å². The van der Waals surface area contributed by atoms with Gasteiger partial charge in [0.15, 0.2) is 5.96 Å². The molecule has 0 atom stereocenters. The van der Waals surface area contributed by atoms with Crippen molar-refractivity contribution in [3.63, 3.8) is 0 Å². The van der Waals surface area contributed by atoms with Crippen molar-refractivity contribution in [3.8, 4) is 5.75 Å². The third kappa shape index (κ3) is 7.40. The van der Waals surface area contributed by atoms with Crippen molar-refractivity contribution in [2.75, 3.05) is 46.3 Å². The van der Waals surface area contributed by atoms with Crippen LogP contribution in [0.25, 0.3) is 0 Å². The average molecular weight is 460 g/mol. The molecule has 0 unspecified atom stereocenters. The van der Waals surface area contributed by atoms with Gasteiger partial charge in [0.25, 0.3) is 0 Å². The highest BCUT2D eigenvalue weighted by Gasteiger charge is 2.22. The van der Waals surface area contributed by atoms with E-state index < -0.39 is 0 Å². The zero-order valence-electron chi connectivity index (χ0n) is 15.8. The third-order valence-corrected chi connectivity index (χ3v) is 4.60. The number of aliphatic imine (C=N–C) groups is 1. The molecule has 0 radical (unpaired) electrons. The van der Waals surface area contributed by atoms with Gasteiger partial charge in [-0.15, -0.1) is 24.0 Å². The topological polar surface area (TPSA) is 40.1 Å². The summed E-state index contributed by atoms with van der Waals surface area (Å²) in [5.41, 5.74) is 0. The number of nitrogens with one attached hydrogen (secondary N) is 1. The van der Waals surface area contributed by atoms with Crippen LogP contribution in [0.2, 0.25) is 0 Å². The van der Waals surface area contributed by atoms with Crippen LogP contribution < -0.4 is 10.1 Å². The number of halogens is 1. The van der Waals surface area contributed by atoms with Crippen molar-refractivity contribution < 1.29 is 4.74 Å². The lowest BCUT2D eigenvalue weighted by molar-refractivity contribution is 0.129. The highest BCUT2D eigenvalue weighted by atomic mass is 127. The Bertz CT molecular complexity index is 485. The molecule has 6 heteroatoms. The van der Waals surface area contributed by atoms with Gasteiger partial charge in [-0.25, -0.2) is 0 Å². The smallest absolute Gasteiger partial charge is 0.193 e. The molecule has 0 aliphatic carbocycles. The van der Waals surface area contributed by atoms with Crippen LogP contribution in [0, 0.1) is 0 Å².